The monoisotopic (exact) mass is 321 g/mol. The minimum atomic E-state index is 0.140. The maximum Gasteiger partial charge on any atom is 0.254 e. The molecule has 4 rings (SSSR count). The Morgan fingerprint density at radius 2 is 1.83 bits per heavy atom. The molecule has 2 aliphatic rings. The summed E-state index contributed by atoms with van der Waals surface area (Å²) in [7, 11) is 0. The van der Waals surface area contributed by atoms with Crippen molar-refractivity contribution in [2.24, 2.45) is 0 Å². The molecular weight excluding hydrogens is 298 g/mol. The number of hydrogen-bond acceptors (Lipinski definition) is 3. The fourth-order valence-electron chi connectivity index (χ4n) is 4.21. The quantitative estimate of drug-likeness (QED) is 0.872. The molecule has 0 aliphatic carbocycles. The van der Waals surface area contributed by atoms with E-state index in [-0.39, 0.29) is 11.4 Å². The highest BCUT2D eigenvalue weighted by atomic mass is 16.2. The highest BCUT2D eigenvalue weighted by molar-refractivity contribution is 5.94. The Balaban J connectivity index is 1.48. The summed E-state index contributed by atoms with van der Waals surface area (Å²) in [6.45, 7) is 3.82. The van der Waals surface area contributed by atoms with Crippen molar-refractivity contribution in [1.29, 1.82) is 0 Å². The van der Waals surface area contributed by atoms with E-state index < -0.39 is 0 Å². The number of rotatable bonds is 3. The molecule has 0 N–H and O–H groups in total. The third-order valence-corrected chi connectivity index (χ3v) is 5.50. The first-order chi connectivity index (χ1) is 11.8. The van der Waals surface area contributed by atoms with Crippen molar-refractivity contribution in [3.05, 3.63) is 66.0 Å². The van der Waals surface area contributed by atoms with Crippen molar-refractivity contribution in [3.8, 4) is 0 Å². The fourth-order valence-corrected chi connectivity index (χ4v) is 4.21. The molecule has 0 saturated carbocycles. The molecule has 4 heteroatoms. The molecule has 0 radical (unpaired) electrons. The smallest absolute Gasteiger partial charge is 0.254 e. The molecule has 1 atom stereocenters. The van der Waals surface area contributed by atoms with Crippen LogP contribution in [0.5, 0.6) is 0 Å². The fraction of sp³-hybridized carbons (Fsp3) is 0.400. The molecule has 2 aliphatic heterocycles. The van der Waals surface area contributed by atoms with E-state index in [0.717, 1.165) is 38.2 Å². The van der Waals surface area contributed by atoms with Gasteiger partial charge in [0.05, 0.1) is 0 Å². The summed E-state index contributed by atoms with van der Waals surface area (Å²) in [5.41, 5.74) is 2.27. The molecule has 124 valence electrons. The number of likely N-dealkylation sites (tertiary alicyclic amines) is 2. The van der Waals surface area contributed by atoms with E-state index in [1.807, 2.05) is 17.0 Å². The van der Waals surface area contributed by atoms with Crippen molar-refractivity contribution < 1.29 is 4.79 Å². The van der Waals surface area contributed by atoms with Crippen LogP contribution < -0.4 is 0 Å². The zero-order valence-corrected chi connectivity index (χ0v) is 13.9. The molecule has 2 fully saturated rings. The molecule has 1 aromatic heterocycles. The van der Waals surface area contributed by atoms with Gasteiger partial charge in [0.2, 0.25) is 0 Å². The molecule has 0 unspecified atom stereocenters. The number of pyridine rings is 1. The molecule has 3 heterocycles. The second-order valence-electron chi connectivity index (χ2n) is 6.95. The number of amides is 1. The number of nitrogens with zero attached hydrogens (tertiary/aromatic N) is 3. The second-order valence-corrected chi connectivity index (χ2v) is 6.95. The molecule has 24 heavy (non-hydrogen) atoms. The molecule has 1 spiro atoms. The van der Waals surface area contributed by atoms with Crippen molar-refractivity contribution in [2.45, 2.75) is 31.3 Å². The zero-order chi connectivity index (χ0) is 16.4. The van der Waals surface area contributed by atoms with Gasteiger partial charge in [-0.3, -0.25) is 14.7 Å². The summed E-state index contributed by atoms with van der Waals surface area (Å²) in [5.74, 6) is 0.140. The molecule has 4 nitrogen and oxygen atoms in total. The molecule has 0 bridgehead atoms. The van der Waals surface area contributed by atoms with Crippen molar-refractivity contribution in [2.75, 3.05) is 19.6 Å². The van der Waals surface area contributed by atoms with E-state index in [2.05, 4.69) is 40.2 Å². The van der Waals surface area contributed by atoms with Crippen molar-refractivity contribution in [1.82, 2.24) is 14.8 Å². The van der Waals surface area contributed by atoms with Crippen LogP contribution in [0, 0.1) is 0 Å². The van der Waals surface area contributed by atoms with Crippen LogP contribution >= 0.6 is 0 Å². The normalized spacial score (nSPS) is 23.9. The maximum absolute atomic E-state index is 12.7. The maximum atomic E-state index is 12.7. The van der Waals surface area contributed by atoms with E-state index in [1.165, 1.54) is 18.4 Å². The van der Waals surface area contributed by atoms with E-state index in [4.69, 9.17) is 0 Å². The molecule has 2 saturated heterocycles. The Morgan fingerprint density at radius 1 is 1.04 bits per heavy atom. The minimum absolute atomic E-state index is 0.140. The van der Waals surface area contributed by atoms with Gasteiger partial charge in [0.15, 0.2) is 0 Å². The number of carbonyl (C=O) groups is 1. The topological polar surface area (TPSA) is 36.4 Å². The Kier molecular flexibility index (Phi) is 4.07. The SMILES string of the molecule is O=C(c1ccncc1)N1CC[C@@]2(CCCN2Cc2ccccc2)C1. The van der Waals surface area contributed by atoms with Gasteiger partial charge in [0, 0.05) is 43.1 Å². The van der Waals surface area contributed by atoms with Crippen LogP contribution in [0.4, 0.5) is 0 Å². The number of aromatic nitrogens is 1. The van der Waals surface area contributed by atoms with Gasteiger partial charge < -0.3 is 4.90 Å². The Morgan fingerprint density at radius 3 is 2.62 bits per heavy atom. The van der Waals surface area contributed by atoms with E-state index >= 15 is 0 Å². The summed E-state index contributed by atoms with van der Waals surface area (Å²) in [6, 6.07) is 14.3. The molecular formula is C20H23N3O. The second kappa shape index (κ2) is 6.36. The summed E-state index contributed by atoms with van der Waals surface area (Å²) in [5, 5.41) is 0. The highest BCUT2D eigenvalue weighted by Crippen LogP contribution is 2.39. The van der Waals surface area contributed by atoms with Gasteiger partial charge in [-0.05, 0) is 43.5 Å². The lowest BCUT2D eigenvalue weighted by Crippen LogP contribution is -2.46. The summed E-state index contributed by atoms with van der Waals surface area (Å²) in [4.78, 5) is 21.4. The number of hydrogen-bond donors (Lipinski definition) is 0. The number of carbonyl (C=O) groups excluding carboxylic acids is 1. The van der Waals surface area contributed by atoms with Gasteiger partial charge in [-0.15, -0.1) is 0 Å². The van der Waals surface area contributed by atoms with Crippen LogP contribution in [-0.4, -0.2) is 45.9 Å². The van der Waals surface area contributed by atoms with Crippen LogP contribution in [0.25, 0.3) is 0 Å². The lowest BCUT2D eigenvalue weighted by Gasteiger charge is -2.35. The Labute approximate surface area is 143 Å². The van der Waals surface area contributed by atoms with Crippen LogP contribution in [0.1, 0.15) is 35.2 Å². The summed E-state index contributed by atoms with van der Waals surface area (Å²) >= 11 is 0. The van der Waals surface area contributed by atoms with Crippen LogP contribution in [-0.2, 0) is 6.54 Å². The van der Waals surface area contributed by atoms with Gasteiger partial charge in [0.1, 0.15) is 0 Å². The van der Waals surface area contributed by atoms with Gasteiger partial charge in [-0.1, -0.05) is 30.3 Å². The van der Waals surface area contributed by atoms with Crippen molar-refractivity contribution >= 4 is 5.91 Å². The Hall–Kier alpha value is -2.20. The van der Waals surface area contributed by atoms with E-state index in [1.54, 1.807) is 12.4 Å². The van der Waals surface area contributed by atoms with Gasteiger partial charge in [-0.25, -0.2) is 0 Å². The summed E-state index contributed by atoms with van der Waals surface area (Å²) in [6.07, 6.45) is 6.88. The van der Waals surface area contributed by atoms with Crippen LogP contribution in [0.15, 0.2) is 54.9 Å². The third kappa shape index (κ3) is 2.82. The largest absolute Gasteiger partial charge is 0.337 e. The summed E-state index contributed by atoms with van der Waals surface area (Å²) < 4.78 is 0. The van der Waals surface area contributed by atoms with Gasteiger partial charge >= 0.3 is 0 Å². The van der Waals surface area contributed by atoms with Gasteiger partial charge in [-0.2, -0.15) is 0 Å². The number of benzene rings is 1. The average molecular weight is 321 g/mol. The third-order valence-electron chi connectivity index (χ3n) is 5.50. The molecule has 1 aromatic carbocycles. The first-order valence-corrected chi connectivity index (χ1v) is 8.75. The highest BCUT2D eigenvalue weighted by Gasteiger charge is 2.46. The lowest BCUT2D eigenvalue weighted by molar-refractivity contribution is 0.0741. The van der Waals surface area contributed by atoms with E-state index in [9.17, 15) is 4.79 Å². The first-order valence-electron chi connectivity index (χ1n) is 8.75. The van der Waals surface area contributed by atoms with E-state index in [0.29, 0.717) is 0 Å². The molecule has 2 aromatic rings. The predicted octanol–water partition coefficient (Wildman–Crippen LogP) is 2.96. The van der Waals surface area contributed by atoms with Crippen LogP contribution in [0.2, 0.25) is 0 Å². The van der Waals surface area contributed by atoms with Gasteiger partial charge in [0.25, 0.3) is 5.91 Å². The zero-order valence-electron chi connectivity index (χ0n) is 13.9. The predicted molar refractivity (Wildman–Crippen MR) is 93.6 cm³/mol. The minimum Gasteiger partial charge on any atom is -0.337 e. The lowest BCUT2D eigenvalue weighted by atomic mass is 9.94. The average Bonchev–Trinajstić information content (AvgIpc) is 3.24. The molecule has 1 amide bonds. The van der Waals surface area contributed by atoms with Crippen LogP contribution in [0.3, 0.4) is 0 Å². The first kappa shape index (κ1) is 15.3. The van der Waals surface area contributed by atoms with Crippen molar-refractivity contribution in [3.63, 3.8) is 0 Å². The Bertz CT molecular complexity index is 703. The standard InChI is InChI=1S/C20H23N3O/c24-19(18-7-11-21-12-8-18)22-14-10-20(16-22)9-4-13-23(20)15-17-5-2-1-3-6-17/h1-3,5-8,11-12H,4,9-10,13-16H2/t20-/m0/s1.